The van der Waals surface area contributed by atoms with Crippen LogP contribution in [0, 0.1) is 6.92 Å². The summed E-state index contributed by atoms with van der Waals surface area (Å²) in [5.74, 6) is -0.294. The molecule has 0 amide bonds. The smallest absolute Gasteiger partial charge is 0.307 e. The zero-order valence-electron chi connectivity index (χ0n) is 8.71. The van der Waals surface area contributed by atoms with Gasteiger partial charge < -0.3 is 9.84 Å². The Morgan fingerprint density at radius 1 is 1.53 bits per heavy atom. The Labute approximate surface area is 93.6 Å². The van der Waals surface area contributed by atoms with Crippen LogP contribution in [0.3, 0.4) is 0 Å². The second kappa shape index (κ2) is 5.03. The van der Waals surface area contributed by atoms with Gasteiger partial charge in [-0.05, 0) is 31.5 Å². The predicted octanol–water partition coefficient (Wildman–Crippen LogP) is 2.67. The first-order chi connectivity index (χ1) is 7.04. The number of ether oxygens (including phenoxy) is 1. The topological polar surface area (TPSA) is 46.5 Å². The van der Waals surface area contributed by atoms with E-state index < -0.39 is 5.97 Å². The quantitative estimate of drug-likeness (QED) is 0.862. The molecular formula is C11H13ClO3. The van der Waals surface area contributed by atoms with E-state index in [-0.39, 0.29) is 6.42 Å². The van der Waals surface area contributed by atoms with Gasteiger partial charge in [-0.1, -0.05) is 11.6 Å². The summed E-state index contributed by atoms with van der Waals surface area (Å²) >= 11 is 5.92. The molecule has 0 aromatic heterocycles. The van der Waals surface area contributed by atoms with Gasteiger partial charge in [0.25, 0.3) is 0 Å². The largest absolute Gasteiger partial charge is 0.494 e. The van der Waals surface area contributed by atoms with Crippen molar-refractivity contribution >= 4 is 17.6 Å². The van der Waals surface area contributed by atoms with Gasteiger partial charge in [0.1, 0.15) is 5.75 Å². The minimum Gasteiger partial charge on any atom is -0.494 e. The predicted molar refractivity (Wildman–Crippen MR) is 58.7 cm³/mol. The lowest BCUT2D eigenvalue weighted by molar-refractivity contribution is -0.136. The average Bonchev–Trinajstić information content (AvgIpc) is 2.13. The van der Waals surface area contributed by atoms with Gasteiger partial charge in [0.05, 0.1) is 13.0 Å². The fourth-order valence-corrected chi connectivity index (χ4v) is 1.47. The Bertz CT molecular complexity index is 374. The van der Waals surface area contributed by atoms with Crippen molar-refractivity contribution < 1.29 is 14.6 Å². The number of halogens is 1. The number of carboxylic acids is 1. The first kappa shape index (κ1) is 11.9. The molecule has 0 saturated heterocycles. The van der Waals surface area contributed by atoms with Crippen LogP contribution in [0.4, 0.5) is 0 Å². The molecule has 0 aliphatic heterocycles. The first-order valence-electron chi connectivity index (χ1n) is 4.68. The van der Waals surface area contributed by atoms with E-state index in [4.69, 9.17) is 21.4 Å². The fourth-order valence-electron chi connectivity index (χ4n) is 1.29. The zero-order chi connectivity index (χ0) is 11.4. The van der Waals surface area contributed by atoms with Crippen molar-refractivity contribution in [2.75, 3.05) is 6.61 Å². The number of carbonyl (C=O) groups is 1. The fraction of sp³-hybridized carbons (Fsp3) is 0.364. The molecule has 1 aromatic rings. The van der Waals surface area contributed by atoms with Gasteiger partial charge in [0, 0.05) is 10.6 Å². The molecule has 82 valence electrons. The Balaban J connectivity index is 3.09. The van der Waals surface area contributed by atoms with E-state index in [9.17, 15) is 4.79 Å². The van der Waals surface area contributed by atoms with E-state index in [0.29, 0.717) is 22.9 Å². The number of aliphatic carboxylic acids is 1. The molecule has 0 heterocycles. The SMILES string of the molecule is CCOc1cc(C)c(Cl)cc1CC(=O)O. The lowest BCUT2D eigenvalue weighted by atomic mass is 10.1. The molecule has 1 rings (SSSR count). The number of aryl methyl sites for hydroxylation is 1. The minimum atomic E-state index is -0.893. The third-order valence-corrected chi connectivity index (χ3v) is 2.39. The second-order valence-electron chi connectivity index (χ2n) is 3.21. The first-order valence-corrected chi connectivity index (χ1v) is 5.06. The van der Waals surface area contributed by atoms with E-state index in [1.807, 2.05) is 13.8 Å². The Morgan fingerprint density at radius 3 is 2.73 bits per heavy atom. The van der Waals surface area contributed by atoms with E-state index in [0.717, 1.165) is 5.56 Å². The van der Waals surface area contributed by atoms with Gasteiger partial charge in [0.15, 0.2) is 0 Å². The number of hydrogen-bond donors (Lipinski definition) is 1. The van der Waals surface area contributed by atoms with Crippen molar-refractivity contribution in [3.05, 3.63) is 28.3 Å². The van der Waals surface area contributed by atoms with Crippen molar-refractivity contribution in [2.45, 2.75) is 20.3 Å². The van der Waals surface area contributed by atoms with Crippen LogP contribution in [0.1, 0.15) is 18.1 Å². The van der Waals surface area contributed by atoms with Crippen LogP contribution in [-0.4, -0.2) is 17.7 Å². The standard InChI is InChI=1S/C11H13ClO3/c1-3-15-10-4-7(2)9(12)5-8(10)6-11(13)14/h4-5H,3,6H2,1-2H3,(H,13,14). The van der Waals surface area contributed by atoms with Crippen LogP contribution in [0.25, 0.3) is 0 Å². The lowest BCUT2D eigenvalue weighted by Gasteiger charge is -2.10. The van der Waals surface area contributed by atoms with Crippen LogP contribution < -0.4 is 4.74 Å². The van der Waals surface area contributed by atoms with E-state index in [1.54, 1.807) is 12.1 Å². The Hall–Kier alpha value is -1.22. The van der Waals surface area contributed by atoms with Crippen LogP contribution >= 0.6 is 11.6 Å². The second-order valence-corrected chi connectivity index (χ2v) is 3.62. The monoisotopic (exact) mass is 228 g/mol. The molecule has 0 bridgehead atoms. The number of hydrogen-bond acceptors (Lipinski definition) is 2. The molecular weight excluding hydrogens is 216 g/mol. The summed E-state index contributed by atoms with van der Waals surface area (Å²) in [6.07, 6.45) is -0.0741. The number of rotatable bonds is 4. The molecule has 0 aliphatic rings. The van der Waals surface area contributed by atoms with Crippen LogP contribution in [0.15, 0.2) is 12.1 Å². The normalized spacial score (nSPS) is 10.1. The molecule has 4 heteroatoms. The molecule has 0 aliphatic carbocycles. The van der Waals surface area contributed by atoms with Gasteiger partial charge in [0.2, 0.25) is 0 Å². The third kappa shape index (κ3) is 3.13. The maximum Gasteiger partial charge on any atom is 0.307 e. The zero-order valence-corrected chi connectivity index (χ0v) is 9.47. The molecule has 3 nitrogen and oxygen atoms in total. The van der Waals surface area contributed by atoms with Gasteiger partial charge >= 0.3 is 5.97 Å². The molecule has 0 spiro atoms. The highest BCUT2D eigenvalue weighted by atomic mass is 35.5. The highest BCUT2D eigenvalue weighted by molar-refractivity contribution is 6.31. The highest BCUT2D eigenvalue weighted by Crippen LogP contribution is 2.27. The number of benzene rings is 1. The summed E-state index contributed by atoms with van der Waals surface area (Å²) in [5, 5.41) is 9.29. The third-order valence-electron chi connectivity index (χ3n) is 1.98. The van der Waals surface area contributed by atoms with Crippen LogP contribution in [-0.2, 0) is 11.2 Å². The van der Waals surface area contributed by atoms with Gasteiger partial charge in [-0.2, -0.15) is 0 Å². The minimum absolute atomic E-state index is 0.0741. The average molecular weight is 229 g/mol. The lowest BCUT2D eigenvalue weighted by Crippen LogP contribution is -2.04. The summed E-state index contributed by atoms with van der Waals surface area (Å²) in [7, 11) is 0. The Morgan fingerprint density at radius 2 is 2.20 bits per heavy atom. The Kier molecular flexibility index (Phi) is 3.97. The van der Waals surface area contributed by atoms with Crippen molar-refractivity contribution in [2.24, 2.45) is 0 Å². The molecule has 1 aromatic carbocycles. The summed E-state index contributed by atoms with van der Waals surface area (Å²) < 4.78 is 5.35. The van der Waals surface area contributed by atoms with E-state index >= 15 is 0 Å². The van der Waals surface area contributed by atoms with Gasteiger partial charge in [-0.25, -0.2) is 0 Å². The maximum atomic E-state index is 10.6. The molecule has 0 unspecified atom stereocenters. The molecule has 0 radical (unpaired) electrons. The summed E-state index contributed by atoms with van der Waals surface area (Å²) in [6, 6.07) is 3.42. The summed E-state index contributed by atoms with van der Waals surface area (Å²) in [6.45, 7) is 4.22. The molecule has 1 N–H and O–H groups in total. The van der Waals surface area contributed by atoms with Crippen molar-refractivity contribution in [1.29, 1.82) is 0 Å². The van der Waals surface area contributed by atoms with Gasteiger partial charge in [-0.3, -0.25) is 4.79 Å². The number of carboxylic acid groups (broad SMARTS) is 1. The molecule has 15 heavy (non-hydrogen) atoms. The molecule has 0 fully saturated rings. The van der Waals surface area contributed by atoms with Crippen molar-refractivity contribution in [1.82, 2.24) is 0 Å². The van der Waals surface area contributed by atoms with E-state index in [1.165, 1.54) is 0 Å². The van der Waals surface area contributed by atoms with Crippen molar-refractivity contribution in [3.8, 4) is 5.75 Å². The highest BCUT2D eigenvalue weighted by Gasteiger charge is 2.10. The van der Waals surface area contributed by atoms with E-state index in [2.05, 4.69) is 0 Å². The van der Waals surface area contributed by atoms with Crippen molar-refractivity contribution in [3.63, 3.8) is 0 Å². The molecule has 0 atom stereocenters. The van der Waals surface area contributed by atoms with Crippen LogP contribution in [0.2, 0.25) is 5.02 Å². The summed E-state index contributed by atoms with van der Waals surface area (Å²) in [5.41, 5.74) is 1.49. The van der Waals surface area contributed by atoms with Crippen LogP contribution in [0.5, 0.6) is 5.75 Å². The summed E-state index contributed by atoms with van der Waals surface area (Å²) in [4.78, 5) is 10.6. The molecule has 0 saturated carbocycles. The van der Waals surface area contributed by atoms with Gasteiger partial charge in [-0.15, -0.1) is 0 Å². The maximum absolute atomic E-state index is 10.6.